The second-order valence-electron chi connectivity index (χ2n) is 5.97. The van der Waals surface area contributed by atoms with Crippen LogP contribution in [0.5, 0.6) is 0 Å². The quantitative estimate of drug-likeness (QED) is 0.917. The van der Waals surface area contributed by atoms with Crippen LogP contribution in [0.4, 0.5) is 5.69 Å². The molecule has 116 valence electrons. The zero-order valence-electron chi connectivity index (χ0n) is 12.8. The molecule has 1 heterocycles. The number of benzene rings is 1. The van der Waals surface area contributed by atoms with Crippen LogP contribution in [0.25, 0.3) is 0 Å². The minimum atomic E-state index is 0.0982. The molecular formula is C17H21N3O2. The van der Waals surface area contributed by atoms with E-state index in [1.165, 1.54) is 25.7 Å². The zero-order chi connectivity index (χ0) is 15.4. The Hall–Kier alpha value is -2.17. The molecule has 5 heteroatoms. The third kappa shape index (κ3) is 3.72. The lowest BCUT2D eigenvalue weighted by Crippen LogP contribution is -2.16. The Bertz CT molecular complexity index is 645. The Morgan fingerprint density at radius 1 is 1.32 bits per heavy atom. The SMILES string of the molecule is Cc1noc(Cc2ccccc2NC(=O)CC2CCCC2)n1. The maximum absolute atomic E-state index is 12.2. The van der Waals surface area contributed by atoms with Gasteiger partial charge in [0.25, 0.3) is 0 Å². The van der Waals surface area contributed by atoms with E-state index in [-0.39, 0.29) is 5.91 Å². The largest absolute Gasteiger partial charge is 0.339 e. The van der Waals surface area contributed by atoms with Gasteiger partial charge < -0.3 is 9.84 Å². The van der Waals surface area contributed by atoms with Crippen molar-refractivity contribution in [3.05, 3.63) is 41.5 Å². The number of hydrogen-bond acceptors (Lipinski definition) is 4. The minimum absolute atomic E-state index is 0.0982. The number of carbonyl (C=O) groups is 1. The van der Waals surface area contributed by atoms with Crippen molar-refractivity contribution < 1.29 is 9.32 Å². The number of nitrogens with zero attached hydrogens (tertiary/aromatic N) is 2. The van der Waals surface area contributed by atoms with E-state index in [1.807, 2.05) is 24.3 Å². The van der Waals surface area contributed by atoms with E-state index in [1.54, 1.807) is 6.92 Å². The molecule has 1 fully saturated rings. The van der Waals surface area contributed by atoms with Gasteiger partial charge in [-0.1, -0.05) is 36.2 Å². The van der Waals surface area contributed by atoms with E-state index in [2.05, 4.69) is 15.5 Å². The van der Waals surface area contributed by atoms with E-state index >= 15 is 0 Å². The van der Waals surface area contributed by atoms with Crippen LogP contribution in [0.3, 0.4) is 0 Å². The summed E-state index contributed by atoms with van der Waals surface area (Å²) < 4.78 is 5.16. The van der Waals surface area contributed by atoms with Crippen LogP contribution in [-0.4, -0.2) is 16.0 Å². The fourth-order valence-electron chi connectivity index (χ4n) is 3.05. The third-order valence-corrected chi connectivity index (χ3v) is 4.15. The highest BCUT2D eigenvalue weighted by Crippen LogP contribution is 2.28. The highest BCUT2D eigenvalue weighted by molar-refractivity contribution is 5.91. The van der Waals surface area contributed by atoms with Crippen molar-refractivity contribution in [2.75, 3.05) is 5.32 Å². The number of aromatic nitrogens is 2. The van der Waals surface area contributed by atoms with E-state index in [0.29, 0.717) is 30.5 Å². The monoisotopic (exact) mass is 299 g/mol. The molecule has 1 amide bonds. The average molecular weight is 299 g/mol. The highest BCUT2D eigenvalue weighted by Gasteiger charge is 2.19. The lowest BCUT2D eigenvalue weighted by Gasteiger charge is -2.12. The summed E-state index contributed by atoms with van der Waals surface area (Å²) >= 11 is 0. The van der Waals surface area contributed by atoms with E-state index in [4.69, 9.17) is 4.52 Å². The van der Waals surface area contributed by atoms with Gasteiger partial charge in [0, 0.05) is 12.1 Å². The normalized spacial score (nSPS) is 15.1. The van der Waals surface area contributed by atoms with Gasteiger partial charge in [0.2, 0.25) is 11.8 Å². The molecule has 0 spiro atoms. The van der Waals surface area contributed by atoms with Crippen LogP contribution < -0.4 is 5.32 Å². The van der Waals surface area contributed by atoms with Crippen molar-refractivity contribution in [3.8, 4) is 0 Å². The third-order valence-electron chi connectivity index (χ3n) is 4.15. The number of aryl methyl sites for hydroxylation is 1. The van der Waals surface area contributed by atoms with Crippen LogP contribution >= 0.6 is 0 Å². The Morgan fingerprint density at radius 2 is 2.09 bits per heavy atom. The summed E-state index contributed by atoms with van der Waals surface area (Å²) in [7, 11) is 0. The number of rotatable bonds is 5. The molecule has 1 N–H and O–H groups in total. The molecule has 3 rings (SSSR count). The summed E-state index contributed by atoms with van der Waals surface area (Å²) in [5.41, 5.74) is 1.83. The molecule has 1 aliphatic carbocycles. The van der Waals surface area contributed by atoms with Crippen molar-refractivity contribution >= 4 is 11.6 Å². The molecule has 2 aromatic rings. The molecule has 1 aromatic carbocycles. The molecular weight excluding hydrogens is 278 g/mol. The highest BCUT2D eigenvalue weighted by atomic mass is 16.5. The smallest absolute Gasteiger partial charge is 0.231 e. The molecule has 0 bridgehead atoms. The van der Waals surface area contributed by atoms with Gasteiger partial charge in [-0.25, -0.2) is 0 Å². The van der Waals surface area contributed by atoms with Gasteiger partial charge in [0.1, 0.15) is 0 Å². The van der Waals surface area contributed by atoms with Crippen LogP contribution in [-0.2, 0) is 11.2 Å². The summed E-state index contributed by atoms with van der Waals surface area (Å²) in [5, 5.41) is 6.83. The molecule has 0 radical (unpaired) electrons. The lowest BCUT2D eigenvalue weighted by atomic mass is 10.0. The van der Waals surface area contributed by atoms with Crippen LogP contribution in [0.15, 0.2) is 28.8 Å². The standard InChI is InChI=1S/C17H21N3O2/c1-12-18-17(22-20-12)11-14-8-4-5-9-15(14)19-16(21)10-13-6-2-3-7-13/h4-5,8-9,13H,2-3,6-7,10-11H2,1H3,(H,19,21). The van der Waals surface area contributed by atoms with Crippen molar-refractivity contribution in [1.29, 1.82) is 0 Å². The number of anilines is 1. The van der Waals surface area contributed by atoms with Crippen molar-refractivity contribution in [2.24, 2.45) is 5.92 Å². The molecule has 1 aromatic heterocycles. The lowest BCUT2D eigenvalue weighted by molar-refractivity contribution is -0.117. The predicted molar refractivity (Wildman–Crippen MR) is 83.5 cm³/mol. The van der Waals surface area contributed by atoms with Gasteiger partial charge in [-0.05, 0) is 37.3 Å². The first-order valence-electron chi connectivity index (χ1n) is 7.87. The summed E-state index contributed by atoms with van der Waals surface area (Å²) in [6.07, 6.45) is 6.01. The molecule has 22 heavy (non-hydrogen) atoms. The fraction of sp³-hybridized carbons (Fsp3) is 0.471. The molecule has 1 aliphatic rings. The first-order chi connectivity index (χ1) is 10.7. The predicted octanol–water partition coefficient (Wildman–Crippen LogP) is 3.49. The first-order valence-corrected chi connectivity index (χ1v) is 7.87. The number of para-hydroxylation sites is 1. The maximum atomic E-state index is 12.2. The first kappa shape index (κ1) is 14.8. The van der Waals surface area contributed by atoms with Crippen molar-refractivity contribution in [1.82, 2.24) is 10.1 Å². The van der Waals surface area contributed by atoms with Gasteiger partial charge >= 0.3 is 0 Å². The second kappa shape index (κ2) is 6.73. The summed E-state index contributed by atoms with van der Waals surface area (Å²) in [4.78, 5) is 16.4. The second-order valence-corrected chi connectivity index (χ2v) is 5.97. The van der Waals surface area contributed by atoms with Gasteiger partial charge in [0.15, 0.2) is 5.82 Å². The number of hydrogen-bond donors (Lipinski definition) is 1. The maximum Gasteiger partial charge on any atom is 0.231 e. The van der Waals surface area contributed by atoms with Gasteiger partial charge in [-0.3, -0.25) is 4.79 Å². The Labute approximate surface area is 130 Å². The Balaban J connectivity index is 1.66. The Kier molecular flexibility index (Phi) is 4.51. The molecule has 1 saturated carbocycles. The molecule has 0 aliphatic heterocycles. The van der Waals surface area contributed by atoms with Crippen LogP contribution in [0.1, 0.15) is 49.4 Å². The fourth-order valence-corrected chi connectivity index (χ4v) is 3.05. The van der Waals surface area contributed by atoms with E-state index in [0.717, 1.165) is 11.3 Å². The zero-order valence-corrected chi connectivity index (χ0v) is 12.8. The Morgan fingerprint density at radius 3 is 2.82 bits per heavy atom. The number of carbonyl (C=O) groups excluding carboxylic acids is 1. The van der Waals surface area contributed by atoms with Crippen molar-refractivity contribution in [2.45, 2.75) is 45.4 Å². The molecule has 0 saturated heterocycles. The number of nitrogens with one attached hydrogen (secondary N) is 1. The summed E-state index contributed by atoms with van der Waals surface area (Å²) in [6, 6.07) is 7.77. The van der Waals surface area contributed by atoms with E-state index < -0.39 is 0 Å². The van der Waals surface area contributed by atoms with Crippen LogP contribution in [0, 0.1) is 12.8 Å². The van der Waals surface area contributed by atoms with Gasteiger partial charge in [0.05, 0.1) is 6.42 Å². The average Bonchev–Trinajstić information content (AvgIpc) is 3.13. The van der Waals surface area contributed by atoms with E-state index in [9.17, 15) is 4.79 Å². The summed E-state index contributed by atoms with van der Waals surface area (Å²) in [6.45, 7) is 1.79. The van der Waals surface area contributed by atoms with Gasteiger partial charge in [-0.15, -0.1) is 0 Å². The minimum Gasteiger partial charge on any atom is -0.339 e. The van der Waals surface area contributed by atoms with Crippen LogP contribution in [0.2, 0.25) is 0 Å². The topological polar surface area (TPSA) is 68.0 Å². The molecule has 0 atom stereocenters. The molecule has 5 nitrogen and oxygen atoms in total. The van der Waals surface area contributed by atoms with Gasteiger partial charge in [-0.2, -0.15) is 4.98 Å². The number of amides is 1. The molecule has 0 unspecified atom stereocenters. The summed E-state index contributed by atoms with van der Waals surface area (Å²) in [5.74, 6) is 1.83. The van der Waals surface area contributed by atoms with Crippen molar-refractivity contribution in [3.63, 3.8) is 0 Å².